The average molecular weight is 313 g/mol. The van der Waals surface area contributed by atoms with E-state index in [0.717, 1.165) is 0 Å². The Hall–Kier alpha value is -2.27. The summed E-state index contributed by atoms with van der Waals surface area (Å²) in [5, 5.41) is 45.4. The lowest BCUT2D eigenvalue weighted by atomic mass is 9.86. The van der Waals surface area contributed by atoms with E-state index in [1.807, 2.05) is 0 Å². The lowest BCUT2D eigenvalue weighted by molar-refractivity contribution is -0.223. The van der Waals surface area contributed by atoms with Gasteiger partial charge in [0.25, 0.3) is 0 Å². The highest BCUT2D eigenvalue weighted by atomic mass is 16.5. The normalized spacial score (nSPS) is 38.5. The van der Waals surface area contributed by atoms with E-state index < -0.39 is 29.6 Å². The second-order valence-electron chi connectivity index (χ2n) is 5.86. The van der Waals surface area contributed by atoms with Gasteiger partial charge in [0.2, 0.25) is 5.79 Å². The quantitative estimate of drug-likeness (QED) is 0.248. The summed E-state index contributed by atoms with van der Waals surface area (Å²) in [6.45, 7) is 1.58. The Morgan fingerprint density at radius 1 is 1.50 bits per heavy atom. The number of rotatable bonds is 2. The van der Waals surface area contributed by atoms with Crippen LogP contribution in [0.15, 0.2) is 0 Å². The predicted octanol–water partition coefficient (Wildman–Crippen LogP) is -3.04. The van der Waals surface area contributed by atoms with Crippen LogP contribution in [-0.4, -0.2) is 69.3 Å². The standard InChI is InChI=1S/C11H19N7O4/c1-4-2-10(20,21)11-6(16-7(12)17-11)5(3-22-9(14)19)15-8(13)18(4)11/h4-6,20-21H,2-3H2,1H3,(H2,13,15)(H2,14,19)(H3,12,16,17)/t4-,5-,6-,11-/m0/s1. The number of guanidine groups is 2. The Morgan fingerprint density at radius 2 is 2.18 bits per heavy atom. The van der Waals surface area contributed by atoms with Crippen LogP contribution in [0.2, 0.25) is 0 Å². The summed E-state index contributed by atoms with van der Waals surface area (Å²) in [6.07, 6.45) is -0.969. The van der Waals surface area contributed by atoms with Crippen LogP contribution in [0.4, 0.5) is 4.79 Å². The summed E-state index contributed by atoms with van der Waals surface area (Å²) in [7, 11) is 0. The van der Waals surface area contributed by atoms with E-state index in [1.54, 1.807) is 6.92 Å². The molecule has 0 unspecified atom stereocenters. The van der Waals surface area contributed by atoms with Crippen molar-refractivity contribution in [1.82, 2.24) is 20.9 Å². The summed E-state index contributed by atoms with van der Waals surface area (Å²) in [5.74, 6) is -2.32. The lowest BCUT2D eigenvalue weighted by Crippen LogP contribution is -2.80. The van der Waals surface area contributed by atoms with Crippen molar-refractivity contribution in [2.45, 2.75) is 42.9 Å². The molecule has 3 fully saturated rings. The number of nitrogens with two attached hydrogens (primary N) is 1. The fourth-order valence-electron chi connectivity index (χ4n) is 3.75. The van der Waals surface area contributed by atoms with Gasteiger partial charge in [-0.15, -0.1) is 0 Å². The van der Waals surface area contributed by atoms with Gasteiger partial charge in [0.05, 0.1) is 12.1 Å². The van der Waals surface area contributed by atoms with E-state index in [9.17, 15) is 15.0 Å². The van der Waals surface area contributed by atoms with Crippen molar-refractivity contribution < 1.29 is 19.7 Å². The summed E-state index contributed by atoms with van der Waals surface area (Å²) in [6, 6.07) is -1.71. The maximum atomic E-state index is 10.8. The molecule has 3 aliphatic heterocycles. The van der Waals surface area contributed by atoms with Crippen LogP contribution >= 0.6 is 0 Å². The highest BCUT2D eigenvalue weighted by Crippen LogP contribution is 2.45. The van der Waals surface area contributed by atoms with Crippen molar-refractivity contribution in [3.8, 4) is 0 Å². The molecule has 122 valence electrons. The van der Waals surface area contributed by atoms with E-state index in [1.165, 1.54) is 4.90 Å². The lowest BCUT2D eigenvalue weighted by Gasteiger charge is -2.51. The molecule has 0 saturated carbocycles. The second kappa shape index (κ2) is 4.36. The zero-order chi connectivity index (χ0) is 16.3. The number of carbonyl (C=O) groups excluding carboxylic acids is 1. The molecule has 0 radical (unpaired) electrons. The number of aliphatic hydroxyl groups is 2. The third-order valence-corrected chi connectivity index (χ3v) is 4.45. The molecule has 11 nitrogen and oxygen atoms in total. The Balaban J connectivity index is 2.01. The van der Waals surface area contributed by atoms with Gasteiger partial charge in [-0.25, -0.2) is 4.79 Å². The number of ether oxygens (including phenoxy) is 1. The molecule has 0 aromatic carbocycles. The molecule has 0 aliphatic carbocycles. The zero-order valence-corrected chi connectivity index (χ0v) is 11.9. The second-order valence-corrected chi connectivity index (χ2v) is 5.86. The molecule has 0 aromatic rings. The number of primary amides is 1. The van der Waals surface area contributed by atoms with Gasteiger partial charge in [-0.3, -0.25) is 10.8 Å². The first kappa shape index (κ1) is 14.7. The molecular weight excluding hydrogens is 294 g/mol. The van der Waals surface area contributed by atoms with E-state index in [-0.39, 0.29) is 31.0 Å². The summed E-state index contributed by atoms with van der Waals surface area (Å²) in [4.78, 5) is 12.3. The van der Waals surface area contributed by atoms with Crippen molar-refractivity contribution in [2.75, 3.05) is 6.61 Å². The van der Waals surface area contributed by atoms with Gasteiger partial charge in [0.15, 0.2) is 17.6 Å². The summed E-state index contributed by atoms with van der Waals surface area (Å²) >= 11 is 0. The number of hydrogen-bond donors (Lipinski definition) is 8. The number of hydrogen-bond acceptors (Lipinski definition) is 6. The highest BCUT2D eigenvalue weighted by molar-refractivity contribution is 5.87. The first-order valence-corrected chi connectivity index (χ1v) is 6.83. The Morgan fingerprint density at radius 3 is 2.82 bits per heavy atom. The third-order valence-electron chi connectivity index (χ3n) is 4.45. The first-order chi connectivity index (χ1) is 10.2. The molecule has 3 saturated heterocycles. The number of carbonyl (C=O) groups is 1. The molecule has 11 heteroatoms. The molecule has 0 aromatic heterocycles. The molecule has 3 rings (SSSR count). The molecular formula is C11H19N7O4. The van der Waals surface area contributed by atoms with Crippen LogP contribution < -0.4 is 21.7 Å². The van der Waals surface area contributed by atoms with Crippen LogP contribution in [0.25, 0.3) is 0 Å². The maximum Gasteiger partial charge on any atom is 0.404 e. The van der Waals surface area contributed by atoms with Crippen LogP contribution in [0.5, 0.6) is 0 Å². The summed E-state index contributed by atoms with van der Waals surface area (Å²) in [5.41, 5.74) is 3.47. The minimum Gasteiger partial charge on any atom is -0.447 e. The van der Waals surface area contributed by atoms with Gasteiger partial charge in [-0.05, 0) is 6.92 Å². The van der Waals surface area contributed by atoms with Crippen molar-refractivity contribution >= 4 is 18.0 Å². The topological polar surface area (TPSA) is 180 Å². The van der Waals surface area contributed by atoms with Gasteiger partial charge in [0, 0.05) is 12.5 Å². The van der Waals surface area contributed by atoms with Crippen molar-refractivity contribution in [3.05, 3.63) is 0 Å². The van der Waals surface area contributed by atoms with Gasteiger partial charge in [0.1, 0.15) is 6.61 Å². The largest absolute Gasteiger partial charge is 0.447 e. The van der Waals surface area contributed by atoms with Gasteiger partial charge in [-0.1, -0.05) is 0 Å². The van der Waals surface area contributed by atoms with Crippen molar-refractivity contribution in [2.24, 2.45) is 5.73 Å². The molecule has 3 aliphatic rings. The minimum absolute atomic E-state index is 0.00107. The fourth-order valence-corrected chi connectivity index (χ4v) is 3.75. The number of nitrogens with zero attached hydrogens (tertiary/aromatic N) is 1. The Labute approximate surface area is 125 Å². The third kappa shape index (κ3) is 1.72. The monoisotopic (exact) mass is 313 g/mol. The maximum absolute atomic E-state index is 10.8. The molecule has 3 heterocycles. The average Bonchev–Trinajstić information content (AvgIpc) is 2.82. The van der Waals surface area contributed by atoms with E-state index in [4.69, 9.17) is 21.3 Å². The van der Waals surface area contributed by atoms with Crippen LogP contribution in [-0.2, 0) is 4.74 Å². The molecule has 9 N–H and O–H groups in total. The first-order valence-electron chi connectivity index (χ1n) is 6.83. The van der Waals surface area contributed by atoms with E-state index in [2.05, 4.69) is 16.0 Å². The zero-order valence-electron chi connectivity index (χ0n) is 11.9. The Bertz CT molecular complexity index is 553. The fraction of sp³-hybridized carbons (Fsp3) is 0.727. The smallest absolute Gasteiger partial charge is 0.404 e. The van der Waals surface area contributed by atoms with Crippen LogP contribution in [0.3, 0.4) is 0 Å². The van der Waals surface area contributed by atoms with Gasteiger partial charge < -0.3 is 41.5 Å². The predicted molar refractivity (Wildman–Crippen MR) is 73.8 cm³/mol. The van der Waals surface area contributed by atoms with Gasteiger partial charge >= 0.3 is 6.09 Å². The minimum atomic E-state index is -2.17. The number of amides is 1. The summed E-state index contributed by atoms with van der Waals surface area (Å²) < 4.78 is 4.77. The van der Waals surface area contributed by atoms with Gasteiger partial charge in [-0.2, -0.15) is 0 Å². The van der Waals surface area contributed by atoms with E-state index in [0.29, 0.717) is 0 Å². The highest BCUT2D eigenvalue weighted by Gasteiger charge is 2.72. The van der Waals surface area contributed by atoms with Crippen molar-refractivity contribution in [1.29, 1.82) is 10.8 Å². The molecule has 1 amide bonds. The van der Waals surface area contributed by atoms with Crippen LogP contribution in [0.1, 0.15) is 13.3 Å². The molecule has 4 atom stereocenters. The molecule has 22 heavy (non-hydrogen) atoms. The Kier molecular flexibility index (Phi) is 2.91. The van der Waals surface area contributed by atoms with E-state index >= 15 is 0 Å². The number of nitrogens with one attached hydrogen (secondary N) is 5. The van der Waals surface area contributed by atoms with Crippen molar-refractivity contribution in [3.63, 3.8) is 0 Å². The molecule has 1 spiro atoms. The molecule has 0 bridgehead atoms. The van der Waals surface area contributed by atoms with Crippen LogP contribution in [0, 0.1) is 10.8 Å². The SMILES string of the molecule is C[C@H]1CC(O)(O)[C@]23NC(=N)N[C@H]2[C@H](COC(N)=O)NC(=N)N13.